The van der Waals surface area contributed by atoms with Crippen molar-refractivity contribution in [2.45, 2.75) is 44.7 Å². The number of halogens is 1. The molecule has 1 N–H and O–H groups in total. The highest BCUT2D eigenvalue weighted by molar-refractivity contribution is 5.82. The molecule has 1 aliphatic carbocycles. The Morgan fingerprint density at radius 3 is 2.67 bits per heavy atom. The monoisotopic (exact) mass is 414 g/mol. The zero-order chi connectivity index (χ0) is 21.1. The average molecular weight is 414 g/mol. The minimum absolute atomic E-state index is 0.0374. The van der Waals surface area contributed by atoms with Crippen LogP contribution in [0.25, 0.3) is 11.3 Å². The minimum atomic E-state index is -0.366. The number of hydrogen-bond donors (Lipinski definition) is 1. The van der Waals surface area contributed by atoms with E-state index in [9.17, 15) is 14.0 Å². The summed E-state index contributed by atoms with van der Waals surface area (Å²) in [6.07, 6.45) is 4.30. The van der Waals surface area contributed by atoms with Crippen LogP contribution >= 0.6 is 0 Å². The molecule has 8 heteroatoms. The van der Waals surface area contributed by atoms with Crippen LogP contribution in [0, 0.1) is 5.82 Å². The summed E-state index contributed by atoms with van der Waals surface area (Å²) in [5.41, 5.74) is 0.360. The van der Waals surface area contributed by atoms with E-state index in [1.54, 1.807) is 18.2 Å². The van der Waals surface area contributed by atoms with Crippen molar-refractivity contribution in [3.63, 3.8) is 0 Å². The fourth-order valence-electron chi connectivity index (χ4n) is 3.66. The number of amides is 2. The lowest BCUT2D eigenvalue weighted by molar-refractivity contribution is -0.134. The smallest absolute Gasteiger partial charge is 0.237 e. The summed E-state index contributed by atoms with van der Waals surface area (Å²) >= 11 is 0. The Kier molecular flexibility index (Phi) is 6.13. The van der Waals surface area contributed by atoms with Crippen LogP contribution in [-0.4, -0.2) is 64.9 Å². The molecule has 0 bridgehead atoms. The van der Waals surface area contributed by atoms with Gasteiger partial charge in [0.05, 0.1) is 17.8 Å². The van der Waals surface area contributed by atoms with Crippen molar-refractivity contribution in [1.29, 1.82) is 0 Å². The zero-order valence-corrected chi connectivity index (χ0v) is 17.1. The van der Waals surface area contributed by atoms with Crippen LogP contribution in [0.3, 0.4) is 0 Å². The molecule has 2 aromatic rings. The topological polar surface area (TPSA) is 78.7 Å². The molecule has 1 aliphatic heterocycles. The lowest BCUT2D eigenvalue weighted by Crippen LogP contribution is -2.55. The first kappa shape index (κ1) is 20.5. The fraction of sp³-hybridized carbons (Fsp3) is 0.500. The summed E-state index contributed by atoms with van der Waals surface area (Å²) in [7, 11) is 0. The van der Waals surface area contributed by atoms with Gasteiger partial charge in [0.1, 0.15) is 5.82 Å². The number of oxazole rings is 1. The maximum Gasteiger partial charge on any atom is 0.237 e. The maximum absolute atomic E-state index is 13.9. The molecule has 2 aliphatic rings. The van der Waals surface area contributed by atoms with Crippen LogP contribution in [0.4, 0.5) is 4.39 Å². The molecular weight excluding hydrogens is 387 g/mol. The second-order valence-corrected chi connectivity index (χ2v) is 7.97. The normalized spacial score (nSPS) is 18.3. The second kappa shape index (κ2) is 8.95. The average Bonchev–Trinajstić information content (AvgIpc) is 3.45. The zero-order valence-electron chi connectivity index (χ0n) is 17.1. The molecule has 1 saturated heterocycles. The number of aryl methyl sites for hydroxylation is 1. The Morgan fingerprint density at radius 1 is 1.23 bits per heavy atom. The van der Waals surface area contributed by atoms with Gasteiger partial charge in [0.2, 0.25) is 11.8 Å². The number of piperazine rings is 1. The molecule has 160 valence electrons. The number of nitrogens with zero attached hydrogens (tertiary/aromatic N) is 3. The van der Waals surface area contributed by atoms with Gasteiger partial charge in [0.25, 0.3) is 0 Å². The third-order valence-corrected chi connectivity index (χ3v) is 5.76. The molecule has 1 aromatic carbocycles. The number of benzene rings is 1. The van der Waals surface area contributed by atoms with Gasteiger partial charge in [-0.15, -0.1) is 0 Å². The van der Waals surface area contributed by atoms with Crippen molar-refractivity contribution in [3.8, 4) is 11.3 Å². The molecule has 1 atom stereocenters. The summed E-state index contributed by atoms with van der Waals surface area (Å²) in [5.74, 6) is 0.532. The van der Waals surface area contributed by atoms with E-state index in [1.165, 1.54) is 12.3 Å². The van der Waals surface area contributed by atoms with Crippen molar-refractivity contribution in [2.75, 3.05) is 26.2 Å². The van der Waals surface area contributed by atoms with Gasteiger partial charge < -0.3 is 14.6 Å². The molecule has 30 heavy (non-hydrogen) atoms. The number of carbonyl (C=O) groups excluding carboxylic acids is 2. The van der Waals surface area contributed by atoms with Crippen molar-refractivity contribution in [3.05, 3.63) is 42.2 Å². The van der Waals surface area contributed by atoms with Crippen molar-refractivity contribution < 1.29 is 18.4 Å². The molecule has 4 rings (SSSR count). The second-order valence-electron chi connectivity index (χ2n) is 7.97. The maximum atomic E-state index is 13.9. The van der Waals surface area contributed by atoms with E-state index < -0.39 is 0 Å². The first-order valence-corrected chi connectivity index (χ1v) is 10.5. The largest absolute Gasteiger partial charge is 0.441 e. The molecule has 0 radical (unpaired) electrons. The van der Waals surface area contributed by atoms with Gasteiger partial charge in [-0.05, 0) is 31.9 Å². The summed E-state index contributed by atoms with van der Waals surface area (Å²) in [5, 5.41) is 3.04. The third-order valence-electron chi connectivity index (χ3n) is 5.76. The van der Waals surface area contributed by atoms with Gasteiger partial charge >= 0.3 is 0 Å². The van der Waals surface area contributed by atoms with E-state index in [4.69, 9.17) is 4.42 Å². The van der Waals surface area contributed by atoms with Gasteiger partial charge in [-0.25, -0.2) is 9.37 Å². The van der Waals surface area contributed by atoms with E-state index in [1.807, 2.05) is 11.8 Å². The summed E-state index contributed by atoms with van der Waals surface area (Å²) < 4.78 is 19.5. The number of carbonyl (C=O) groups is 2. The molecule has 2 heterocycles. The molecular formula is C22H27FN4O3. The van der Waals surface area contributed by atoms with E-state index in [-0.39, 0.29) is 30.1 Å². The molecule has 0 spiro atoms. The molecule has 7 nitrogen and oxygen atoms in total. The molecule has 2 amide bonds. The van der Waals surface area contributed by atoms with Crippen LogP contribution in [-0.2, 0) is 16.0 Å². The molecule has 1 unspecified atom stereocenters. The van der Waals surface area contributed by atoms with Crippen LogP contribution in [0.5, 0.6) is 0 Å². The predicted octanol–water partition coefficient (Wildman–Crippen LogP) is 2.22. The Labute approximate surface area is 175 Å². The van der Waals surface area contributed by atoms with Gasteiger partial charge in [-0.3, -0.25) is 14.5 Å². The fourth-order valence-corrected chi connectivity index (χ4v) is 3.66. The standard InChI is InChI=1S/C22H27FN4O3/c1-15(22(29)25-16-6-7-16)26-10-12-27(13-11-26)21(28)9-8-20-24-14-19(30-20)17-4-2-3-5-18(17)23/h2-5,14-16H,6-13H2,1H3,(H,25,29). The minimum Gasteiger partial charge on any atom is -0.441 e. The first-order valence-electron chi connectivity index (χ1n) is 10.5. The van der Waals surface area contributed by atoms with Gasteiger partial charge in [-0.1, -0.05) is 12.1 Å². The lowest BCUT2D eigenvalue weighted by atomic mass is 10.2. The summed E-state index contributed by atoms with van der Waals surface area (Å²) in [6, 6.07) is 6.55. The van der Waals surface area contributed by atoms with Gasteiger partial charge in [0.15, 0.2) is 11.7 Å². The third kappa shape index (κ3) is 4.87. The van der Waals surface area contributed by atoms with Crippen LogP contribution in [0.2, 0.25) is 0 Å². The van der Waals surface area contributed by atoms with E-state index >= 15 is 0 Å². The number of nitrogens with one attached hydrogen (secondary N) is 1. The Bertz CT molecular complexity index is 903. The Balaban J connectivity index is 1.23. The van der Waals surface area contributed by atoms with Gasteiger partial charge in [-0.2, -0.15) is 0 Å². The number of hydrogen-bond acceptors (Lipinski definition) is 5. The quantitative estimate of drug-likeness (QED) is 0.752. The highest BCUT2D eigenvalue weighted by atomic mass is 19.1. The van der Waals surface area contributed by atoms with E-state index in [2.05, 4.69) is 15.2 Å². The molecule has 1 saturated carbocycles. The first-order chi connectivity index (χ1) is 14.5. The number of rotatable bonds is 7. The van der Waals surface area contributed by atoms with E-state index in [0.717, 1.165) is 12.8 Å². The van der Waals surface area contributed by atoms with Crippen LogP contribution in [0.1, 0.15) is 32.1 Å². The molecule has 2 fully saturated rings. The molecule has 1 aromatic heterocycles. The summed E-state index contributed by atoms with van der Waals surface area (Å²) in [6.45, 7) is 4.49. The van der Waals surface area contributed by atoms with Crippen LogP contribution < -0.4 is 5.32 Å². The summed E-state index contributed by atoms with van der Waals surface area (Å²) in [4.78, 5) is 32.9. The Hall–Kier alpha value is -2.74. The number of aromatic nitrogens is 1. The van der Waals surface area contributed by atoms with Crippen molar-refractivity contribution >= 4 is 11.8 Å². The SMILES string of the molecule is CC(C(=O)NC1CC1)N1CCN(C(=O)CCc2ncc(-c3ccccc3F)o2)CC1. The van der Waals surface area contributed by atoms with Crippen molar-refractivity contribution in [2.24, 2.45) is 0 Å². The Morgan fingerprint density at radius 2 is 1.97 bits per heavy atom. The van der Waals surface area contributed by atoms with Crippen molar-refractivity contribution in [1.82, 2.24) is 20.1 Å². The predicted molar refractivity (Wildman–Crippen MR) is 109 cm³/mol. The highest BCUT2D eigenvalue weighted by Gasteiger charge is 2.30. The lowest BCUT2D eigenvalue weighted by Gasteiger charge is -2.37. The van der Waals surface area contributed by atoms with Crippen LogP contribution in [0.15, 0.2) is 34.9 Å². The van der Waals surface area contributed by atoms with Gasteiger partial charge in [0, 0.05) is 45.1 Å². The highest BCUT2D eigenvalue weighted by Crippen LogP contribution is 2.24. The van der Waals surface area contributed by atoms with E-state index in [0.29, 0.717) is 55.9 Å².